The molecule has 0 fully saturated rings. The van der Waals surface area contributed by atoms with Gasteiger partial charge in [-0.15, -0.1) is 0 Å². The molecule has 0 radical (unpaired) electrons. The van der Waals surface area contributed by atoms with Crippen LogP contribution in [0.5, 0.6) is 0 Å². The summed E-state index contributed by atoms with van der Waals surface area (Å²) in [6.45, 7) is 10.7. The van der Waals surface area contributed by atoms with Crippen LogP contribution in [0.4, 0.5) is 0 Å². The van der Waals surface area contributed by atoms with E-state index in [4.69, 9.17) is 10.8 Å². The number of aliphatic carboxylic acids is 1. The maximum Gasteiger partial charge on any atom is 0.330 e. The van der Waals surface area contributed by atoms with Crippen molar-refractivity contribution in [2.45, 2.75) is 60.4 Å². The summed E-state index contributed by atoms with van der Waals surface area (Å²) in [5, 5.41) is 8.18. The van der Waals surface area contributed by atoms with Crippen LogP contribution in [0.2, 0.25) is 0 Å². The number of carbonyl (C=O) groups is 4. The molecule has 136 valence electrons. The Morgan fingerprint density at radius 2 is 1.48 bits per heavy atom. The van der Waals surface area contributed by atoms with Gasteiger partial charge in [0.05, 0.1) is 13.2 Å². The molecule has 0 amide bonds. The minimum atomic E-state index is -0.920. The molecular formula is C16H31NO6. The van der Waals surface area contributed by atoms with Crippen molar-refractivity contribution in [3.05, 3.63) is 12.2 Å². The first-order valence-corrected chi connectivity index (χ1v) is 7.45. The topological polar surface area (TPSA) is 124 Å². The smallest absolute Gasteiger partial charge is 0.330 e. The molecule has 0 aliphatic heterocycles. The molecule has 1 unspecified atom stereocenters. The molecule has 3 N–H and O–H groups in total. The second-order valence-corrected chi connectivity index (χ2v) is 3.62. The summed E-state index contributed by atoms with van der Waals surface area (Å²) in [7, 11) is 1.26. The van der Waals surface area contributed by atoms with E-state index in [0.29, 0.717) is 0 Å². The van der Waals surface area contributed by atoms with Crippen LogP contribution >= 0.6 is 0 Å². The number of carbonyl (C=O) groups excluding carboxylic acids is 3. The van der Waals surface area contributed by atoms with Crippen LogP contribution in [0.15, 0.2) is 12.2 Å². The summed E-state index contributed by atoms with van der Waals surface area (Å²) in [5.41, 5.74) is 5.25. The molecule has 0 aliphatic carbocycles. The summed E-state index contributed by atoms with van der Waals surface area (Å²) in [5.74, 6) is -1.76. The minimum Gasteiger partial charge on any atom is -0.481 e. The van der Waals surface area contributed by atoms with Crippen LogP contribution < -0.4 is 5.73 Å². The van der Waals surface area contributed by atoms with Gasteiger partial charge in [-0.3, -0.25) is 14.4 Å². The SMILES string of the molecule is CC.CC.CC(=O)C(N)CCC(=O)O.COC(=O)/C=C/C(C)=O. The van der Waals surface area contributed by atoms with E-state index >= 15 is 0 Å². The highest BCUT2D eigenvalue weighted by atomic mass is 16.5. The van der Waals surface area contributed by atoms with Crippen molar-refractivity contribution in [2.75, 3.05) is 7.11 Å². The third-order valence-corrected chi connectivity index (χ3v) is 1.85. The average molecular weight is 333 g/mol. The molecule has 0 rings (SSSR count). The highest BCUT2D eigenvalue weighted by Gasteiger charge is 2.09. The number of esters is 1. The molecule has 7 heteroatoms. The van der Waals surface area contributed by atoms with Crippen molar-refractivity contribution in [3.63, 3.8) is 0 Å². The number of allylic oxidation sites excluding steroid dienone is 1. The van der Waals surface area contributed by atoms with Crippen molar-refractivity contribution in [2.24, 2.45) is 5.73 Å². The lowest BCUT2D eigenvalue weighted by Crippen LogP contribution is -2.28. The second kappa shape index (κ2) is 22.3. The number of hydrogen-bond acceptors (Lipinski definition) is 6. The third kappa shape index (κ3) is 33.0. The number of rotatable bonds is 6. The average Bonchev–Trinajstić information content (AvgIpc) is 2.54. The normalized spacial score (nSPS) is 9.74. The molecule has 0 heterocycles. The molecular weight excluding hydrogens is 302 g/mol. The third-order valence-electron chi connectivity index (χ3n) is 1.85. The van der Waals surface area contributed by atoms with Gasteiger partial charge in [0, 0.05) is 12.5 Å². The first-order chi connectivity index (χ1) is 10.7. The van der Waals surface area contributed by atoms with E-state index in [9.17, 15) is 19.2 Å². The number of ketones is 2. The highest BCUT2D eigenvalue weighted by molar-refractivity contribution is 5.94. The lowest BCUT2D eigenvalue weighted by Gasteiger charge is -2.03. The van der Waals surface area contributed by atoms with E-state index in [1.54, 1.807) is 0 Å². The Balaban J connectivity index is -0.000000129. The van der Waals surface area contributed by atoms with E-state index in [1.807, 2.05) is 27.7 Å². The number of ether oxygens (including phenoxy) is 1. The number of hydrogen-bond donors (Lipinski definition) is 2. The number of carboxylic acids is 1. The summed E-state index contributed by atoms with van der Waals surface area (Å²) in [4.78, 5) is 40.8. The molecule has 0 aromatic carbocycles. The molecule has 0 aliphatic rings. The largest absolute Gasteiger partial charge is 0.481 e. The van der Waals surface area contributed by atoms with E-state index in [-0.39, 0.29) is 24.4 Å². The van der Waals surface area contributed by atoms with Crippen LogP contribution in [0.1, 0.15) is 54.4 Å². The minimum absolute atomic E-state index is 0.0409. The molecule has 0 aromatic rings. The molecule has 0 bridgehead atoms. The maximum absolute atomic E-state index is 10.4. The maximum atomic E-state index is 10.4. The second-order valence-electron chi connectivity index (χ2n) is 3.62. The Bertz CT molecular complexity index is 364. The van der Waals surface area contributed by atoms with Gasteiger partial charge < -0.3 is 15.6 Å². The highest BCUT2D eigenvalue weighted by Crippen LogP contribution is 1.94. The van der Waals surface area contributed by atoms with Crippen molar-refractivity contribution in [1.82, 2.24) is 0 Å². The molecule has 7 nitrogen and oxygen atoms in total. The van der Waals surface area contributed by atoms with Gasteiger partial charge in [-0.25, -0.2) is 4.79 Å². The number of Topliss-reactive ketones (excluding diaryl/α,β-unsaturated/α-hetero) is 1. The first-order valence-electron chi connectivity index (χ1n) is 7.45. The van der Waals surface area contributed by atoms with Gasteiger partial charge in [0.15, 0.2) is 5.78 Å². The predicted octanol–water partition coefficient (Wildman–Crippen LogP) is 2.12. The fraction of sp³-hybridized carbons (Fsp3) is 0.625. The van der Waals surface area contributed by atoms with Gasteiger partial charge in [-0.1, -0.05) is 27.7 Å². The van der Waals surface area contributed by atoms with Crippen LogP contribution in [-0.4, -0.2) is 41.8 Å². The van der Waals surface area contributed by atoms with Crippen LogP contribution in [0, 0.1) is 0 Å². The quantitative estimate of drug-likeness (QED) is 0.563. The molecule has 0 aromatic heterocycles. The zero-order valence-electron chi connectivity index (χ0n) is 15.2. The molecule has 0 saturated heterocycles. The van der Waals surface area contributed by atoms with Gasteiger partial charge in [-0.05, 0) is 26.3 Å². The van der Waals surface area contributed by atoms with Gasteiger partial charge in [0.1, 0.15) is 5.78 Å². The zero-order valence-corrected chi connectivity index (χ0v) is 15.2. The van der Waals surface area contributed by atoms with Gasteiger partial charge in [-0.2, -0.15) is 0 Å². The van der Waals surface area contributed by atoms with Crippen molar-refractivity contribution in [1.29, 1.82) is 0 Å². The fourth-order valence-electron chi connectivity index (χ4n) is 0.736. The van der Waals surface area contributed by atoms with Gasteiger partial charge in [0.2, 0.25) is 0 Å². The van der Waals surface area contributed by atoms with Crippen LogP contribution in [0.25, 0.3) is 0 Å². The Hall–Kier alpha value is -2.02. The summed E-state index contributed by atoms with van der Waals surface area (Å²) < 4.78 is 4.22. The zero-order chi connectivity index (χ0) is 19.4. The Morgan fingerprint density at radius 3 is 1.74 bits per heavy atom. The summed E-state index contributed by atoms with van der Waals surface area (Å²) >= 11 is 0. The number of methoxy groups -OCH3 is 1. The van der Waals surface area contributed by atoms with Crippen molar-refractivity contribution >= 4 is 23.5 Å². The molecule has 0 spiro atoms. The van der Waals surface area contributed by atoms with Crippen molar-refractivity contribution < 1.29 is 29.0 Å². The number of carboxylic acid groups (broad SMARTS) is 1. The van der Waals surface area contributed by atoms with Gasteiger partial charge in [0.25, 0.3) is 0 Å². The van der Waals surface area contributed by atoms with Crippen LogP contribution in [-0.2, 0) is 23.9 Å². The first kappa shape index (κ1) is 29.0. The standard InChI is InChI=1S/C6H11NO3.C6H8O3.2C2H6/c1-4(8)5(7)2-3-6(9)10;1-5(7)3-4-6(8)9-2;2*1-2/h5H,2-3,7H2,1H3,(H,9,10);3-4H,1-2H3;2*1-2H3/b;4-3+;;. The molecule has 23 heavy (non-hydrogen) atoms. The van der Waals surface area contributed by atoms with Crippen LogP contribution in [0.3, 0.4) is 0 Å². The Kier molecular flexibility index (Phi) is 28.1. The summed E-state index contributed by atoms with van der Waals surface area (Å²) in [6, 6.07) is -0.615. The molecule has 0 saturated carbocycles. The Labute approximate surface area is 138 Å². The summed E-state index contributed by atoms with van der Waals surface area (Å²) in [6.07, 6.45) is 2.43. The monoisotopic (exact) mass is 333 g/mol. The lowest BCUT2D eigenvalue weighted by atomic mass is 10.1. The number of nitrogens with two attached hydrogens (primary N) is 1. The Morgan fingerprint density at radius 1 is 1.04 bits per heavy atom. The van der Waals surface area contributed by atoms with E-state index in [2.05, 4.69) is 4.74 Å². The fourth-order valence-corrected chi connectivity index (χ4v) is 0.736. The van der Waals surface area contributed by atoms with E-state index < -0.39 is 18.0 Å². The van der Waals surface area contributed by atoms with Gasteiger partial charge >= 0.3 is 11.9 Å². The van der Waals surface area contributed by atoms with E-state index in [0.717, 1.165) is 12.2 Å². The van der Waals surface area contributed by atoms with Crippen molar-refractivity contribution in [3.8, 4) is 0 Å². The molecule has 1 atom stereocenters. The lowest BCUT2D eigenvalue weighted by molar-refractivity contribution is -0.137. The van der Waals surface area contributed by atoms with E-state index in [1.165, 1.54) is 21.0 Å². The predicted molar refractivity (Wildman–Crippen MR) is 90.1 cm³/mol.